The Balaban J connectivity index is 1.76. The molecule has 1 aliphatic rings. The maximum atomic E-state index is 13.3. The first-order valence-electron chi connectivity index (χ1n) is 10.3. The maximum absolute atomic E-state index is 13.3. The van der Waals surface area contributed by atoms with E-state index >= 15 is 0 Å². The number of nitrogens with zero attached hydrogens (tertiary/aromatic N) is 1. The average Bonchev–Trinajstić information content (AvgIpc) is 2.85. The highest BCUT2D eigenvalue weighted by Crippen LogP contribution is 2.47. The van der Waals surface area contributed by atoms with E-state index in [0.29, 0.717) is 33.6 Å². The molecule has 1 heterocycles. The van der Waals surface area contributed by atoms with Crippen molar-refractivity contribution in [3.63, 3.8) is 0 Å². The lowest BCUT2D eigenvalue weighted by atomic mass is 9.89. The lowest BCUT2D eigenvalue weighted by Gasteiger charge is -2.46. The molecule has 0 aliphatic carbocycles. The predicted octanol–water partition coefficient (Wildman–Crippen LogP) is 3.99. The van der Waals surface area contributed by atoms with Crippen LogP contribution in [0, 0.1) is 0 Å². The maximum Gasteiger partial charge on any atom is 0.271 e. The Kier molecular flexibility index (Phi) is 6.55. The number of amides is 1. The van der Waals surface area contributed by atoms with Gasteiger partial charge in [-0.15, -0.1) is 0 Å². The first-order valence-corrected chi connectivity index (χ1v) is 11.8. The Morgan fingerprint density at radius 2 is 1.45 bits per heavy atom. The molecular formula is C25H25NO6S. The Hall–Kier alpha value is -3.52. The van der Waals surface area contributed by atoms with Gasteiger partial charge in [0.1, 0.15) is 11.8 Å². The molecule has 3 aromatic rings. The molecule has 3 atom stereocenters. The standard InChI is InChI=1S/C25H25NO6S/c1-29-20-14-17(15-21(30-2)23(20)31-3)26-22(16-10-12-19(13-11-16)33(4)28)24(25(26)27)32-18-8-6-5-7-9-18/h5-15,22,24H,1-4H3/t22-,24+,33?/m1/s1. The minimum atomic E-state index is -1.10. The minimum absolute atomic E-state index is 0.193. The van der Waals surface area contributed by atoms with Crippen LogP contribution in [0.15, 0.2) is 71.6 Å². The Labute approximate surface area is 195 Å². The SMILES string of the molecule is COc1cc(N2C(=O)[C@@H](Oc3ccccc3)[C@H]2c2ccc(S(C)=O)cc2)cc(OC)c1OC. The Morgan fingerprint density at radius 1 is 0.848 bits per heavy atom. The van der Waals surface area contributed by atoms with Gasteiger partial charge in [0.05, 0.1) is 27.0 Å². The molecule has 0 aromatic heterocycles. The first-order chi connectivity index (χ1) is 16.0. The van der Waals surface area contributed by atoms with Crippen molar-refractivity contribution < 1.29 is 28.0 Å². The highest BCUT2D eigenvalue weighted by atomic mass is 32.2. The fourth-order valence-corrected chi connectivity index (χ4v) is 4.42. The lowest BCUT2D eigenvalue weighted by Crippen LogP contribution is -2.61. The fraction of sp³-hybridized carbons (Fsp3) is 0.240. The molecule has 4 rings (SSSR count). The monoisotopic (exact) mass is 467 g/mol. The topological polar surface area (TPSA) is 74.3 Å². The predicted molar refractivity (Wildman–Crippen MR) is 126 cm³/mol. The van der Waals surface area contributed by atoms with Crippen molar-refractivity contribution in [2.24, 2.45) is 0 Å². The van der Waals surface area contributed by atoms with Crippen LogP contribution in [0.4, 0.5) is 5.69 Å². The molecule has 1 fully saturated rings. The molecule has 1 saturated heterocycles. The number of carbonyl (C=O) groups is 1. The van der Waals surface area contributed by atoms with Crippen molar-refractivity contribution in [2.45, 2.75) is 17.0 Å². The highest BCUT2D eigenvalue weighted by molar-refractivity contribution is 7.84. The first kappa shape index (κ1) is 22.7. The van der Waals surface area contributed by atoms with E-state index < -0.39 is 22.9 Å². The van der Waals surface area contributed by atoms with Gasteiger partial charge in [0.25, 0.3) is 5.91 Å². The molecule has 172 valence electrons. The molecule has 1 unspecified atom stereocenters. The van der Waals surface area contributed by atoms with Gasteiger partial charge >= 0.3 is 0 Å². The quantitative estimate of drug-likeness (QED) is 0.467. The van der Waals surface area contributed by atoms with Crippen molar-refractivity contribution in [3.8, 4) is 23.0 Å². The van der Waals surface area contributed by atoms with Crippen molar-refractivity contribution in [1.29, 1.82) is 0 Å². The van der Waals surface area contributed by atoms with E-state index in [2.05, 4.69) is 0 Å². The summed E-state index contributed by atoms with van der Waals surface area (Å²) in [6.07, 6.45) is 0.912. The van der Waals surface area contributed by atoms with Gasteiger partial charge in [-0.2, -0.15) is 0 Å². The van der Waals surface area contributed by atoms with Gasteiger partial charge in [-0.1, -0.05) is 30.3 Å². The smallest absolute Gasteiger partial charge is 0.271 e. The van der Waals surface area contributed by atoms with Crippen LogP contribution in [0.2, 0.25) is 0 Å². The summed E-state index contributed by atoms with van der Waals surface area (Å²) in [7, 11) is 3.49. The summed E-state index contributed by atoms with van der Waals surface area (Å²) in [6, 6.07) is 19.7. The van der Waals surface area contributed by atoms with Crippen LogP contribution in [0.5, 0.6) is 23.0 Å². The van der Waals surface area contributed by atoms with E-state index in [4.69, 9.17) is 18.9 Å². The second kappa shape index (κ2) is 9.54. The van der Waals surface area contributed by atoms with Gasteiger partial charge in [0.15, 0.2) is 11.5 Å². The zero-order chi connectivity index (χ0) is 23.5. The second-order valence-corrected chi connectivity index (χ2v) is 8.79. The molecule has 3 aromatic carbocycles. The van der Waals surface area contributed by atoms with E-state index in [1.165, 1.54) is 21.3 Å². The van der Waals surface area contributed by atoms with Gasteiger partial charge in [-0.25, -0.2) is 0 Å². The lowest BCUT2D eigenvalue weighted by molar-refractivity contribution is -0.135. The van der Waals surface area contributed by atoms with Gasteiger partial charge in [-0.3, -0.25) is 13.9 Å². The minimum Gasteiger partial charge on any atom is -0.493 e. The molecule has 8 heteroatoms. The Bertz CT molecular complexity index is 1140. The average molecular weight is 468 g/mol. The van der Waals surface area contributed by atoms with E-state index in [1.54, 1.807) is 35.4 Å². The van der Waals surface area contributed by atoms with Crippen LogP contribution >= 0.6 is 0 Å². The second-order valence-electron chi connectivity index (χ2n) is 7.41. The van der Waals surface area contributed by atoms with Crippen molar-refractivity contribution in [2.75, 3.05) is 32.5 Å². The fourth-order valence-electron chi connectivity index (χ4n) is 3.90. The summed E-state index contributed by atoms with van der Waals surface area (Å²) in [4.78, 5) is 15.7. The number of benzene rings is 3. The van der Waals surface area contributed by atoms with Gasteiger partial charge < -0.3 is 18.9 Å². The number of rotatable bonds is 8. The van der Waals surface area contributed by atoms with Crippen LogP contribution in [0.1, 0.15) is 11.6 Å². The van der Waals surface area contributed by atoms with Crippen LogP contribution < -0.4 is 23.8 Å². The van der Waals surface area contributed by atoms with Gasteiger partial charge in [-0.05, 0) is 29.8 Å². The van der Waals surface area contributed by atoms with Crippen LogP contribution in [0.25, 0.3) is 0 Å². The molecule has 1 amide bonds. The van der Waals surface area contributed by atoms with Crippen LogP contribution in [-0.2, 0) is 15.6 Å². The number of para-hydroxylation sites is 1. The molecule has 0 spiro atoms. The van der Waals surface area contributed by atoms with Crippen molar-refractivity contribution in [3.05, 3.63) is 72.3 Å². The summed E-state index contributed by atoms with van der Waals surface area (Å²) in [5.41, 5.74) is 1.45. The summed E-state index contributed by atoms with van der Waals surface area (Å²) in [5.74, 6) is 1.75. The highest BCUT2D eigenvalue weighted by Gasteiger charge is 2.51. The summed E-state index contributed by atoms with van der Waals surface area (Å²) < 4.78 is 34.3. The van der Waals surface area contributed by atoms with Gasteiger partial charge in [0.2, 0.25) is 11.9 Å². The van der Waals surface area contributed by atoms with E-state index in [0.717, 1.165) is 5.56 Å². The third-order valence-electron chi connectivity index (χ3n) is 5.53. The molecule has 1 aliphatic heterocycles. The van der Waals surface area contributed by atoms with Crippen LogP contribution in [0.3, 0.4) is 0 Å². The molecular weight excluding hydrogens is 442 g/mol. The van der Waals surface area contributed by atoms with Crippen molar-refractivity contribution >= 4 is 22.4 Å². The van der Waals surface area contributed by atoms with E-state index in [9.17, 15) is 9.00 Å². The molecule has 0 bridgehead atoms. The van der Waals surface area contributed by atoms with Crippen molar-refractivity contribution in [1.82, 2.24) is 0 Å². The number of carbonyl (C=O) groups excluding carboxylic acids is 1. The number of β-lactam (4-membered cyclic amide) rings is 1. The third kappa shape index (κ3) is 4.26. The molecule has 33 heavy (non-hydrogen) atoms. The number of anilines is 1. The van der Waals surface area contributed by atoms with Crippen LogP contribution in [-0.4, -0.2) is 43.8 Å². The normalized spacial score (nSPS) is 18.3. The van der Waals surface area contributed by atoms with E-state index in [-0.39, 0.29) is 5.91 Å². The summed E-state index contributed by atoms with van der Waals surface area (Å²) in [6.45, 7) is 0. The number of hydrogen-bond acceptors (Lipinski definition) is 6. The number of ether oxygens (including phenoxy) is 4. The number of hydrogen-bond donors (Lipinski definition) is 0. The molecule has 0 radical (unpaired) electrons. The van der Waals surface area contributed by atoms with Gasteiger partial charge in [0, 0.05) is 34.1 Å². The molecule has 0 N–H and O–H groups in total. The Morgan fingerprint density at radius 3 is 1.97 bits per heavy atom. The van der Waals surface area contributed by atoms with E-state index in [1.807, 2.05) is 42.5 Å². The summed E-state index contributed by atoms with van der Waals surface area (Å²) >= 11 is 0. The molecule has 7 nitrogen and oxygen atoms in total. The molecule has 0 saturated carbocycles. The zero-order valence-electron chi connectivity index (χ0n) is 18.8. The summed E-state index contributed by atoms with van der Waals surface area (Å²) in [5, 5.41) is 0. The number of methoxy groups -OCH3 is 3. The third-order valence-corrected chi connectivity index (χ3v) is 6.47. The largest absolute Gasteiger partial charge is 0.493 e. The zero-order valence-corrected chi connectivity index (χ0v) is 19.6.